The van der Waals surface area contributed by atoms with E-state index in [0.717, 1.165) is 11.3 Å². The predicted octanol–water partition coefficient (Wildman–Crippen LogP) is 4.71. The lowest BCUT2D eigenvalue weighted by Crippen LogP contribution is -2.02. The van der Waals surface area contributed by atoms with Gasteiger partial charge in [0.05, 0.1) is 7.11 Å². The fourth-order valence-corrected chi connectivity index (χ4v) is 3.54. The van der Waals surface area contributed by atoms with Crippen molar-refractivity contribution < 1.29 is 9.53 Å². The van der Waals surface area contributed by atoms with Crippen molar-refractivity contribution in [2.24, 2.45) is 11.3 Å². The summed E-state index contributed by atoms with van der Waals surface area (Å²) in [5.41, 5.74) is 2.30. The largest absolute Gasteiger partial charge is 0.497 e. The molecule has 0 bridgehead atoms. The van der Waals surface area contributed by atoms with E-state index in [4.69, 9.17) is 4.74 Å². The Labute approximate surface area is 132 Å². The van der Waals surface area contributed by atoms with Crippen molar-refractivity contribution in [1.29, 1.82) is 0 Å². The summed E-state index contributed by atoms with van der Waals surface area (Å²) in [5.74, 6) is 1.98. The van der Waals surface area contributed by atoms with E-state index in [-0.39, 0.29) is 11.2 Å². The quantitative estimate of drug-likeness (QED) is 0.747. The van der Waals surface area contributed by atoms with Gasteiger partial charge in [0.1, 0.15) is 5.75 Å². The van der Waals surface area contributed by atoms with Crippen molar-refractivity contribution in [3.8, 4) is 5.75 Å². The molecule has 1 aliphatic carbocycles. The summed E-state index contributed by atoms with van der Waals surface area (Å²) in [7, 11) is 1.68. The first-order chi connectivity index (χ1) is 10.5. The van der Waals surface area contributed by atoms with Crippen molar-refractivity contribution in [3.05, 3.63) is 65.7 Å². The molecule has 114 valence electrons. The van der Waals surface area contributed by atoms with Crippen LogP contribution in [0, 0.1) is 11.3 Å². The fraction of sp³-hybridized carbons (Fsp3) is 0.350. The maximum absolute atomic E-state index is 12.4. The Morgan fingerprint density at radius 3 is 2.27 bits per heavy atom. The molecule has 0 saturated heterocycles. The number of Topliss-reactive ketones (excluding diaryl/α,β-unsaturated/α-hetero) is 1. The number of ketones is 1. The third-order valence-corrected chi connectivity index (χ3v) is 5.03. The molecule has 0 N–H and O–H groups in total. The molecule has 0 amide bonds. The molecule has 22 heavy (non-hydrogen) atoms. The number of benzene rings is 2. The molecule has 0 aromatic heterocycles. The molecule has 1 fully saturated rings. The Hall–Kier alpha value is -2.09. The van der Waals surface area contributed by atoms with E-state index in [2.05, 4.69) is 26.0 Å². The third-order valence-electron chi connectivity index (χ3n) is 5.03. The second-order valence-corrected chi connectivity index (χ2v) is 6.67. The molecule has 0 spiro atoms. The van der Waals surface area contributed by atoms with Crippen LogP contribution in [0.15, 0.2) is 54.6 Å². The number of hydrogen-bond donors (Lipinski definition) is 0. The molecule has 2 aromatic rings. The zero-order valence-electron chi connectivity index (χ0n) is 13.4. The lowest BCUT2D eigenvalue weighted by molar-refractivity contribution is 0.0971. The van der Waals surface area contributed by atoms with Crippen LogP contribution in [-0.4, -0.2) is 12.9 Å². The SMILES string of the molecule is COc1ccc([C@H]2[C@H](CC(=O)c3ccccc3)C2(C)C)cc1. The van der Waals surface area contributed by atoms with E-state index >= 15 is 0 Å². The summed E-state index contributed by atoms with van der Waals surface area (Å²) >= 11 is 0. The summed E-state index contributed by atoms with van der Waals surface area (Å²) in [6, 6.07) is 17.8. The van der Waals surface area contributed by atoms with Gasteiger partial charge in [-0.25, -0.2) is 0 Å². The number of rotatable bonds is 5. The van der Waals surface area contributed by atoms with Crippen molar-refractivity contribution in [1.82, 2.24) is 0 Å². The molecule has 2 aromatic carbocycles. The summed E-state index contributed by atoms with van der Waals surface area (Å²) in [5, 5.41) is 0. The van der Waals surface area contributed by atoms with E-state index in [1.165, 1.54) is 5.56 Å². The first-order valence-electron chi connectivity index (χ1n) is 7.76. The van der Waals surface area contributed by atoms with Crippen molar-refractivity contribution >= 4 is 5.78 Å². The van der Waals surface area contributed by atoms with Gasteiger partial charge in [0.2, 0.25) is 0 Å². The topological polar surface area (TPSA) is 26.3 Å². The highest BCUT2D eigenvalue weighted by atomic mass is 16.5. The van der Waals surface area contributed by atoms with Crippen LogP contribution in [0.25, 0.3) is 0 Å². The van der Waals surface area contributed by atoms with Gasteiger partial charge in [-0.3, -0.25) is 4.79 Å². The van der Waals surface area contributed by atoms with Gasteiger partial charge < -0.3 is 4.74 Å². The highest BCUT2D eigenvalue weighted by Gasteiger charge is 2.58. The van der Waals surface area contributed by atoms with Crippen LogP contribution < -0.4 is 4.74 Å². The lowest BCUT2D eigenvalue weighted by atomic mass is 10.0. The van der Waals surface area contributed by atoms with Crippen LogP contribution in [0.3, 0.4) is 0 Å². The summed E-state index contributed by atoms with van der Waals surface area (Å²) < 4.78 is 5.22. The van der Waals surface area contributed by atoms with Gasteiger partial charge in [-0.2, -0.15) is 0 Å². The van der Waals surface area contributed by atoms with Gasteiger partial charge in [0, 0.05) is 12.0 Å². The van der Waals surface area contributed by atoms with Gasteiger partial charge in [-0.05, 0) is 34.9 Å². The van der Waals surface area contributed by atoms with Gasteiger partial charge in [0.15, 0.2) is 5.78 Å². The third kappa shape index (κ3) is 2.66. The molecular weight excluding hydrogens is 272 g/mol. The van der Waals surface area contributed by atoms with Crippen molar-refractivity contribution in [2.75, 3.05) is 7.11 Å². The Morgan fingerprint density at radius 2 is 1.68 bits per heavy atom. The second-order valence-electron chi connectivity index (χ2n) is 6.67. The number of carbonyl (C=O) groups excluding carboxylic acids is 1. The standard InChI is InChI=1S/C20H22O2/c1-20(2)17(13-18(21)14-7-5-4-6-8-14)19(20)15-9-11-16(22-3)12-10-15/h4-12,17,19H,13H2,1-3H3/t17-,19-/m0/s1. The highest BCUT2D eigenvalue weighted by Crippen LogP contribution is 2.66. The fourth-order valence-electron chi connectivity index (χ4n) is 3.54. The summed E-state index contributed by atoms with van der Waals surface area (Å²) in [6.07, 6.45) is 0.619. The first-order valence-corrected chi connectivity index (χ1v) is 7.76. The highest BCUT2D eigenvalue weighted by molar-refractivity contribution is 5.96. The number of ether oxygens (including phenoxy) is 1. The number of carbonyl (C=O) groups is 1. The van der Waals surface area contributed by atoms with E-state index in [1.807, 2.05) is 42.5 Å². The molecule has 2 atom stereocenters. The van der Waals surface area contributed by atoms with Crippen molar-refractivity contribution in [2.45, 2.75) is 26.2 Å². The van der Waals surface area contributed by atoms with E-state index in [9.17, 15) is 4.79 Å². The van der Waals surface area contributed by atoms with Crippen LogP contribution in [0.2, 0.25) is 0 Å². The molecule has 0 heterocycles. The first kappa shape index (κ1) is 14.8. The van der Waals surface area contributed by atoms with Crippen LogP contribution in [0.1, 0.15) is 42.1 Å². The number of methoxy groups -OCH3 is 1. The minimum atomic E-state index is 0.180. The predicted molar refractivity (Wildman–Crippen MR) is 88.4 cm³/mol. The molecule has 0 aliphatic heterocycles. The zero-order chi connectivity index (χ0) is 15.7. The molecule has 1 aliphatic rings. The Kier molecular flexibility index (Phi) is 3.78. The van der Waals surface area contributed by atoms with Gasteiger partial charge in [-0.1, -0.05) is 56.3 Å². The van der Waals surface area contributed by atoms with Gasteiger partial charge in [-0.15, -0.1) is 0 Å². The normalized spacial score (nSPS) is 22.1. The van der Waals surface area contributed by atoms with Crippen LogP contribution >= 0.6 is 0 Å². The van der Waals surface area contributed by atoms with Crippen LogP contribution in [0.4, 0.5) is 0 Å². The summed E-state index contributed by atoms with van der Waals surface area (Å²) in [6.45, 7) is 4.51. The van der Waals surface area contributed by atoms with E-state index in [1.54, 1.807) is 7.11 Å². The zero-order valence-corrected chi connectivity index (χ0v) is 13.4. The van der Waals surface area contributed by atoms with Crippen LogP contribution in [0.5, 0.6) is 5.75 Å². The van der Waals surface area contributed by atoms with Crippen LogP contribution in [-0.2, 0) is 0 Å². The smallest absolute Gasteiger partial charge is 0.163 e. The molecule has 0 radical (unpaired) electrons. The Balaban J connectivity index is 1.73. The van der Waals surface area contributed by atoms with E-state index in [0.29, 0.717) is 18.3 Å². The molecular formula is C20H22O2. The second kappa shape index (κ2) is 5.60. The molecule has 3 rings (SSSR count). The van der Waals surface area contributed by atoms with E-state index < -0.39 is 0 Å². The minimum absolute atomic E-state index is 0.180. The maximum atomic E-state index is 12.4. The molecule has 2 nitrogen and oxygen atoms in total. The molecule has 1 saturated carbocycles. The molecule has 0 unspecified atom stereocenters. The lowest BCUT2D eigenvalue weighted by Gasteiger charge is -2.04. The number of hydrogen-bond acceptors (Lipinski definition) is 2. The Bertz CT molecular complexity index is 656. The minimum Gasteiger partial charge on any atom is -0.497 e. The average molecular weight is 294 g/mol. The van der Waals surface area contributed by atoms with Gasteiger partial charge in [0.25, 0.3) is 0 Å². The average Bonchev–Trinajstić information content (AvgIpc) is 3.08. The monoisotopic (exact) mass is 294 g/mol. The Morgan fingerprint density at radius 1 is 1.05 bits per heavy atom. The summed E-state index contributed by atoms with van der Waals surface area (Å²) in [4.78, 5) is 12.4. The maximum Gasteiger partial charge on any atom is 0.163 e. The van der Waals surface area contributed by atoms with Crippen molar-refractivity contribution in [3.63, 3.8) is 0 Å². The molecule has 2 heteroatoms. The van der Waals surface area contributed by atoms with Gasteiger partial charge >= 0.3 is 0 Å².